The molecule has 130 valence electrons. The Bertz CT molecular complexity index is 741. The third-order valence-electron chi connectivity index (χ3n) is 3.01. The van der Waals surface area contributed by atoms with Crippen LogP contribution < -0.4 is 0 Å². The first-order valence-electron chi connectivity index (χ1n) is 6.13. The van der Waals surface area contributed by atoms with Gasteiger partial charge in [0.1, 0.15) is 0 Å². The number of aromatic nitrogens is 1. The van der Waals surface area contributed by atoms with Gasteiger partial charge in [0.15, 0.2) is 5.69 Å². The molecular formula is C14H6F9N. The zero-order valence-corrected chi connectivity index (χ0v) is 11.3. The highest BCUT2D eigenvalue weighted by atomic mass is 19.4. The van der Waals surface area contributed by atoms with E-state index in [9.17, 15) is 39.5 Å². The zero-order chi connectivity index (χ0) is 18.3. The van der Waals surface area contributed by atoms with Gasteiger partial charge in [0, 0.05) is 11.8 Å². The maximum Gasteiger partial charge on any atom is 0.433 e. The second kappa shape index (κ2) is 5.67. The number of benzene rings is 1. The van der Waals surface area contributed by atoms with Gasteiger partial charge in [0.25, 0.3) is 0 Å². The van der Waals surface area contributed by atoms with Crippen LogP contribution in [0.4, 0.5) is 39.5 Å². The first-order valence-corrected chi connectivity index (χ1v) is 6.13. The van der Waals surface area contributed by atoms with Crippen LogP contribution in [0.5, 0.6) is 0 Å². The summed E-state index contributed by atoms with van der Waals surface area (Å²) in [7, 11) is 0. The summed E-state index contributed by atoms with van der Waals surface area (Å²) in [5, 5.41) is 0. The molecule has 1 nitrogen and oxygen atoms in total. The Morgan fingerprint density at radius 3 is 1.75 bits per heavy atom. The molecule has 0 spiro atoms. The Balaban J connectivity index is 2.82. The van der Waals surface area contributed by atoms with Crippen molar-refractivity contribution in [2.24, 2.45) is 0 Å². The van der Waals surface area contributed by atoms with Crippen molar-refractivity contribution in [1.29, 1.82) is 0 Å². The first kappa shape index (κ1) is 18.1. The van der Waals surface area contributed by atoms with Crippen molar-refractivity contribution in [2.75, 3.05) is 0 Å². The number of hydrogen-bond acceptors (Lipinski definition) is 1. The van der Waals surface area contributed by atoms with Gasteiger partial charge in [-0.2, -0.15) is 39.5 Å². The van der Waals surface area contributed by atoms with Crippen LogP contribution in [-0.2, 0) is 18.5 Å². The first-order chi connectivity index (χ1) is 10.8. The number of rotatable bonds is 1. The minimum Gasteiger partial charge on any atom is -0.251 e. The molecule has 1 aromatic carbocycles. The second-order valence-electron chi connectivity index (χ2n) is 4.66. The highest BCUT2D eigenvalue weighted by Gasteiger charge is 2.41. The smallest absolute Gasteiger partial charge is 0.251 e. The average Bonchev–Trinajstić information content (AvgIpc) is 2.44. The molecule has 24 heavy (non-hydrogen) atoms. The molecule has 0 N–H and O–H groups in total. The van der Waals surface area contributed by atoms with Gasteiger partial charge in [0.05, 0.1) is 11.1 Å². The minimum absolute atomic E-state index is 0.0143. The molecule has 0 aliphatic heterocycles. The van der Waals surface area contributed by atoms with E-state index in [1.807, 2.05) is 0 Å². The monoisotopic (exact) mass is 359 g/mol. The van der Waals surface area contributed by atoms with Crippen LogP contribution in [0.25, 0.3) is 11.1 Å². The predicted octanol–water partition coefficient (Wildman–Crippen LogP) is 5.81. The number of alkyl halides is 9. The molecule has 2 rings (SSSR count). The predicted molar refractivity (Wildman–Crippen MR) is 64.7 cm³/mol. The number of pyridine rings is 1. The van der Waals surface area contributed by atoms with Crippen molar-refractivity contribution in [2.45, 2.75) is 18.5 Å². The highest BCUT2D eigenvalue weighted by molar-refractivity contribution is 5.71. The Kier molecular flexibility index (Phi) is 4.28. The van der Waals surface area contributed by atoms with Crippen molar-refractivity contribution in [1.82, 2.24) is 4.98 Å². The largest absolute Gasteiger partial charge is 0.433 e. The lowest BCUT2D eigenvalue weighted by atomic mass is 9.96. The summed E-state index contributed by atoms with van der Waals surface area (Å²) in [6, 6.07) is 3.07. The third kappa shape index (κ3) is 3.62. The lowest BCUT2D eigenvalue weighted by Crippen LogP contribution is -2.15. The van der Waals surface area contributed by atoms with Crippen LogP contribution in [0, 0.1) is 0 Å². The van der Waals surface area contributed by atoms with E-state index in [2.05, 4.69) is 4.98 Å². The molecule has 0 saturated carbocycles. The van der Waals surface area contributed by atoms with E-state index in [1.165, 1.54) is 0 Å². The van der Waals surface area contributed by atoms with E-state index in [-0.39, 0.29) is 12.3 Å². The molecule has 10 heteroatoms. The SMILES string of the molecule is FC(F)(F)c1cnc(C(F)(F)F)c(-c2ccccc2C(F)(F)F)c1. The quantitative estimate of drug-likeness (QED) is 0.586. The molecule has 0 amide bonds. The summed E-state index contributed by atoms with van der Waals surface area (Å²) < 4.78 is 116. The average molecular weight is 359 g/mol. The summed E-state index contributed by atoms with van der Waals surface area (Å²) in [5.41, 5.74) is -7.22. The van der Waals surface area contributed by atoms with E-state index in [1.54, 1.807) is 0 Å². The van der Waals surface area contributed by atoms with Crippen LogP contribution in [0.15, 0.2) is 36.5 Å². The molecule has 0 bridgehead atoms. The van der Waals surface area contributed by atoms with Crippen LogP contribution in [0.1, 0.15) is 16.8 Å². The molecule has 0 fully saturated rings. The van der Waals surface area contributed by atoms with Crippen molar-refractivity contribution in [3.8, 4) is 11.1 Å². The van der Waals surface area contributed by atoms with E-state index < -0.39 is 46.5 Å². The Hall–Kier alpha value is -2.26. The molecule has 0 radical (unpaired) electrons. The third-order valence-corrected chi connectivity index (χ3v) is 3.01. The van der Waals surface area contributed by atoms with E-state index >= 15 is 0 Å². The molecule has 0 atom stereocenters. The molecule has 0 aliphatic rings. The topological polar surface area (TPSA) is 12.9 Å². The highest BCUT2D eigenvalue weighted by Crippen LogP contribution is 2.43. The van der Waals surface area contributed by atoms with Gasteiger partial charge < -0.3 is 0 Å². The fourth-order valence-corrected chi connectivity index (χ4v) is 2.02. The van der Waals surface area contributed by atoms with Gasteiger partial charge in [-0.3, -0.25) is 4.98 Å². The normalized spacial score (nSPS) is 13.2. The zero-order valence-electron chi connectivity index (χ0n) is 11.3. The number of hydrogen-bond donors (Lipinski definition) is 0. The minimum atomic E-state index is -5.22. The van der Waals surface area contributed by atoms with Gasteiger partial charge in [-0.15, -0.1) is 0 Å². The Labute approximate surface area is 128 Å². The maximum atomic E-state index is 13.0. The number of nitrogens with zero attached hydrogens (tertiary/aromatic N) is 1. The van der Waals surface area contributed by atoms with Gasteiger partial charge in [-0.25, -0.2) is 0 Å². The van der Waals surface area contributed by atoms with Gasteiger partial charge >= 0.3 is 18.5 Å². The molecule has 2 aromatic rings. The summed E-state index contributed by atoms with van der Waals surface area (Å²) >= 11 is 0. The van der Waals surface area contributed by atoms with Gasteiger partial charge in [-0.05, 0) is 17.7 Å². The number of halogens is 9. The summed E-state index contributed by atoms with van der Waals surface area (Å²) in [5.74, 6) is 0. The van der Waals surface area contributed by atoms with E-state index in [4.69, 9.17) is 0 Å². The van der Waals surface area contributed by atoms with E-state index in [0.29, 0.717) is 12.1 Å². The van der Waals surface area contributed by atoms with Crippen LogP contribution in [0.2, 0.25) is 0 Å². The fraction of sp³-hybridized carbons (Fsp3) is 0.214. The van der Waals surface area contributed by atoms with Crippen molar-refractivity contribution >= 4 is 0 Å². The summed E-state index contributed by atoms with van der Waals surface area (Å²) in [6.45, 7) is 0. The molecule has 1 aromatic heterocycles. The lowest BCUT2D eigenvalue weighted by molar-refractivity contribution is -0.144. The molecule has 0 aliphatic carbocycles. The van der Waals surface area contributed by atoms with Crippen LogP contribution in [-0.4, -0.2) is 4.98 Å². The fourth-order valence-electron chi connectivity index (χ4n) is 2.02. The molecular weight excluding hydrogens is 353 g/mol. The summed E-state index contributed by atoms with van der Waals surface area (Å²) in [6.07, 6.45) is -15.4. The van der Waals surface area contributed by atoms with Crippen molar-refractivity contribution in [3.05, 3.63) is 53.3 Å². The van der Waals surface area contributed by atoms with Crippen LogP contribution in [0.3, 0.4) is 0 Å². The lowest BCUT2D eigenvalue weighted by Gasteiger charge is -2.18. The van der Waals surface area contributed by atoms with Crippen LogP contribution >= 0.6 is 0 Å². The summed E-state index contributed by atoms with van der Waals surface area (Å²) in [4.78, 5) is 2.70. The maximum absolute atomic E-state index is 13.0. The Morgan fingerprint density at radius 2 is 1.25 bits per heavy atom. The Morgan fingerprint density at radius 1 is 0.667 bits per heavy atom. The van der Waals surface area contributed by atoms with Gasteiger partial charge in [-0.1, -0.05) is 18.2 Å². The molecule has 0 saturated heterocycles. The molecule has 0 unspecified atom stereocenters. The van der Waals surface area contributed by atoms with Crippen molar-refractivity contribution in [3.63, 3.8) is 0 Å². The van der Waals surface area contributed by atoms with E-state index in [0.717, 1.165) is 12.1 Å². The second-order valence-corrected chi connectivity index (χ2v) is 4.66. The standard InChI is InChI=1S/C14H6F9N/c15-12(16,17)7-5-9(11(24-6-7)14(21,22)23)8-3-1-2-4-10(8)13(18,19)20/h1-6H. The van der Waals surface area contributed by atoms with Crippen molar-refractivity contribution < 1.29 is 39.5 Å². The van der Waals surface area contributed by atoms with Gasteiger partial charge in [0.2, 0.25) is 0 Å². The molecule has 1 heterocycles.